The molecule has 0 spiro atoms. The number of benzene rings is 1. The Balaban J connectivity index is 2.10. The average molecular weight is 274 g/mol. The zero-order valence-electron chi connectivity index (χ0n) is 12.2. The van der Waals surface area contributed by atoms with Gasteiger partial charge in [0, 0.05) is 18.7 Å². The van der Waals surface area contributed by atoms with Crippen molar-refractivity contribution in [3.63, 3.8) is 0 Å². The molecule has 5 heteroatoms. The molecule has 108 valence electrons. The third-order valence-corrected chi connectivity index (χ3v) is 3.33. The van der Waals surface area contributed by atoms with Crippen LogP contribution in [0, 0.1) is 0 Å². The molecule has 3 N–H and O–H groups in total. The van der Waals surface area contributed by atoms with Crippen LogP contribution in [0.2, 0.25) is 0 Å². The Hall–Kier alpha value is -1.85. The van der Waals surface area contributed by atoms with Crippen LogP contribution in [0.15, 0.2) is 36.5 Å². The first-order chi connectivity index (χ1) is 9.63. The number of hydrazine groups is 1. The van der Waals surface area contributed by atoms with Gasteiger partial charge in [0.25, 0.3) is 0 Å². The lowest BCUT2D eigenvalue weighted by atomic mass is 10.0. The predicted molar refractivity (Wildman–Crippen MR) is 79.4 cm³/mol. The lowest BCUT2D eigenvalue weighted by Crippen LogP contribution is -2.29. The van der Waals surface area contributed by atoms with Crippen LogP contribution < -0.4 is 16.0 Å². The van der Waals surface area contributed by atoms with Crippen molar-refractivity contribution in [2.24, 2.45) is 5.84 Å². The van der Waals surface area contributed by atoms with E-state index in [2.05, 4.69) is 24.4 Å². The van der Waals surface area contributed by atoms with Crippen molar-refractivity contribution in [1.29, 1.82) is 0 Å². The van der Waals surface area contributed by atoms with Gasteiger partial charge in [-0.3, -0.25) is 16.0 Å². The predicted octanol–water partition coefficient (Wildman–Crippen LogP) is 2.22. The number of rotatable bonds is 6. The number of hydrogen-bond acceptors (Lipinski definition) is 4. The molecule has 1 atom stereocenters. The van der Waals surface area contributed by atoms with Crippen molar-refractivity contribution < 1.29 is 4.74 Å². The minimum Gasteiger partial charge on any atom is -0.497 e. The molecule has 0 aliphatic rings. The molecular weight excluding hydrogens is 252 g/mol. The van der Waals surface area contributed by atoms with Crippen molar-refractivity contribution in [2.75, 3.05) is 7.11 Å². The van der Waals surface area contributed by atoms with Crippen LogP contribution >= 0.6 is 0 Å². The number of nitrogens with one attached hydrogen (secondary N) is 1. The second-order valence-corrected chi connectivity index (χ2v) is 5.08. The number of aromatic nitrogens is 2. The third kappa shape index (κ3) is 3.37. The summed E-state index contributed by atoms with van der Waals surface area (Å²) in [6.07, 6.45) is 2.75. The standard InChI is InChI=1S/C15H22N4O/c1-11(2)19-9-8-13(18-19)10-15(17-16)12-4-6-14(20-3)7-5-12/h4-9,11,15,17H,10,16H2,1-3H3. The lowest BCUT2D eigenvalue weighted by molar-refractivity contribution is 0.414. The zero-order valence-corrected chi connectivity index (χ0v) is 12.2. The van der Waals surface area contributed by atoms with Gasteiger partial charge in [-0.1, -0.05) is 12.1 Å². The van der Waals surface area contributed by atoms with Crippen molar-refractivity contribution >= 4 is 0 Å². The Labute approximate surface area is 119 Å². The first kappa shape index (κ1) is 14.6. The fraction of sp³-hybridized carbons (Fsp3) is 0.400. The summed E-state index contributed by atoms with van der Waals surface area (Å²) in [6.45, 7) is 4.22. The fourth-order valence-corrected chi connectivity index (χ4v) is 2.09. The minimum absolute atomic E-state index is 0.0384. The molecule has 2 aromatic rings. The van der Waals surface area contributed by atoms with Gasteiger partial charge in [0.15, 0.2) is 0 Å². The van der Waals surface area contributed by atoms with E-state index in [0.29, 0.717) is 6.04 Å². The van der Waals surface area contributed by atoms with Gasteiger partial charge in [-0.25, -0.2) is 0 Å². The minimum atomic E-state index is 0.0384. The smallest absolute Gasteiger partial charge is 0.118 e. The molecule has 0 radical (unpaired) electrons. The highest BCUT2D eigenvalue weighted by Crippen LogP contribution is 2.20. The van der Waals surface area contributed by atoms with Crippen molar-refractivity contribution in [3.05, 3.63) is 47.8 Å². The van der Waals surface area contributed by atoms with Gasteiger partial charge in [0.05, 0.1) is 18.8 Å². The summed E-state index contributed by atoms with van der Waals surface area (Å²) in [5.41, 5.74) is 5.00. The van der Waals surface area contributed by atoms with Crippen LogP contribution in [0.25, 0.3) is 0 Å². The molecule has 1 unspecified atom stereocenters. The molecule has 0 aliphatic carbocycles. The summed E-state index contributed by atoms with van der Waals surface area (Å²) in [6, 6.07) is 10.4. The molecule has 0 bridgehead atoms. The van der Waals surface area contributed by atoms with Crippen molar-refractivity contribution in [3.8, 4) is 5.75 Å². The molecule has 0 saturated carbocycles. The molecule has 5 nitrogen and oxygen atoms in total. The Morgan fingerprint density at radius 2 is 1.95 bits per heavy atom. The highest BCUT2D eigenvalue weighted by atomic mass is 16.5. The second-order valence-electron chi connectivity index (χ2n) is 5.08. The van der Waals surface area contributed by atoms with E-state index in [0.717, 1.165) is 23.4 Å². The summed E-state index contributed by atoms with van der Waals surface area (Å²) >= 11 is 0. The van der Waals surface area contributed by atoms with Crippen LogP contribution in [-0.4, -0.2) is 16.9 Å². The molecule has 0 aliphatic heterocycles. The summed E-state index contributed by atoms with van der Waals surface area (Å²) in [4.78, 5) is 0. The summed E-state index contributed by atoms with van der Waals surface area (Å²) in [7, 11) is 1.66. The Morgan fingerprint density at radius 3 is 2.45 bits per heavy atom. The van der Waals surface area contributed by atoms with E-state index in [9.17, 15) is 0 Å². The molecule has 0 fully saturated rings. The number of hydrogen-bond donors (Lipinski definition) is 2. The summed E-state index contributed by atoms with van der Waals surface area (Å²) in [5, 5.41) is 4.55. The van der Waals surface area contributed by atoms with Crippen molar-refractivity contribution in [2.45, 2.75) is 32.4 Å². The van der Waals surface area contributed by atoms with Gasteiger partial charge in [-0.15, -0.1) is 0 Å². The van der Waals surface area contributed by atoms with Gasteiger partial charge in [0.1, 0.15) is 5.75 Å². The van der Waals surface area contributed by atoms with Crippen LogP contribution in [0.3, 0.4) is 0 Å². The second kappa shape index (κ2) is 6.54. The van der Waals surface area contributed by atoms with E-state index in [1.807, 2.05) is 41.2 Å². The van der Waals surface area contributed by atoms with E-state index in [4.69, 9.17) is 10.6 Å². The SMILES string of the molecule is COc1ccc(C(Cc2ccn(C(C)C)n2)NN)cc1. The third-order valence-electron chi connectivity index (χ3n) is 3.33. The number of nitrogens with zero attached hydrogens (tertiary/aromatic N) is 2. The van der Waals surface area contributed by atoms with Crippen LogP contribution in [0.5, 0.6) is 5.75 Å². The van der Waals surface area contributed by atoms with Crippen LogP contribution in [0.1, 0.15) is 37.2 Å². The van der Waals surface area contributed by atoms with E-state index < -0.39 is 0 Å². The number of methoxy groups -OCH3 is 1. The van der Waals surface area contributed by atoms with Gasteiger partial charge in [-0.2, -0.15) is 5.10 Å². The monoisotopic (exact) mass is 274 g/mol. The highest BCUT2D eigenvalue weighted by molar-refractivity contribution is 5.29. The van der Waals surface area contributed by atoms with E-state index in [1.165, 1.54) is 0 Å². The maximum atomic E-state index is 5.67. The van der Waals surface area contributed by atoms with Crippen LogP contribution in [0.4, 0.5) is 0 Å². The van der Waals surface area contributed by atoms with E-state index in [-0.39, 0.29) is 6.04 Å². The molecule has 1 aromatic carbocycles. The highest BCUT2D eigenvalue weighted by Gasteiger charge is 2.13. The number of nitrogens with two attached hydrogens (primary N) is 1. The molecule has 0 saturated heterocycles. The first-order valence-electron chi connectivity index (χ1n) is 6.78. The summed E-state index contributed by atoms with van der Waals surface area (Å²) < 4.78 is 7.12. The fourth-order valence-electron chi connectivity index (χ4n) is 2.09. The molecular formula is C15H22N4O. The topological polar surface area (TPSA) is 65.1 Å². The lowest BCUT2D eigenvalue weighted by Gasteiger charge is -2.15. The Kier molecular flexibility index (Phi) is 4.76. The Morgan fingerprint density at radius 1 is 1.25 bits per heavy atom. The quantitative estimate of drug-likeness (QED) is 0.626. The molecule has 0 amide bonds. The molecule has 1 aromatic heterocycles. The van der Waals surface area contributed by atoms with Crippen molar-refractivity contribution in [1.82, 2.24) is 15.2 Å². The maximum Gasteiger partial charge on any atom is 0.118 e. The maximum absolute atomic E-state index is 5.67. The number of ether oxygens (including phenoxy) is 1. The molecule has 2 rings (SSSR count). The molecule has 1 heterocycles. The van der Waals surface area contributed by atoms with E-state index >= 15 is 0 Å². The van der Waals surface area contributed by atoms with Gasteiger partial charge in [0.2, 0.25) is 0 Å². The van der Waals surface area contributed by atoms with Gasteiger partial charge in [-0.05, 0) is 37.6 Å². The average Bonchev–Trinajstić information content (AvgIpc) is 2.94. The zero-order chi connectivity index (χ0) is 14.5. The van der Waals surface area contributed by atoms with Crippen LogP contribution in [-0.2, 0) is 6.42 Å². The van der Waals surface area contributed by atoms with Gasteiger partial charge >= 0.3 is 0 Å². The van der Waals surface area contributed by atoms with Gasteiger partial charge < -0.3 is 4.74 Å². The Bertz CT molecular complexity index is 533. The summed E-state index contributed by atoms with van der Waals surface area (Å²) in [5.74, 6) is 6.52. The normalized spacial score (nSPS) is 12.7. The molecule has 20 heavy (non-hydrogen) atoms. The van der Waals surface area contributed by atoms with E-state index in [1.54, 1.807) is 7.11 Å². The largest absolute Gasteiger partial charge is 0.497 e. The first-order valence-corrected chi connectivity index (χ1v) is 6.78.